The minimum absolute atomic E-state index is 0. The van der Waals surface area contributed by atoms with Crippen molar-refractivity contribution in [2.24, 2.45) is 11.7 Å². The van der Waals surface area contributed by atoms with E-state index in [0.717, 1.165) is 16.8 Å². The molecule has 0 saturated heterocycles. The Balaban J connectivity index is 0.00000450. The second kappa shape index (κ2) is 14.2. The Morgan fingerprint density at radius 2 is 1.74 bits per heavy atom. The maximum atomic E-state index is 12.9. The number of rotatable bonds is 10. The molecule has 0 aliphatic rings. The van der Waals surface area contributed by atoms with Crippen molar-refractivity contribution in [3.63, 3.8) is 0 Å². The fraction of sp³-hybridized carbons (Fsp3) is 0.364. The molecule has 172 valence electrons. The fourth-order valence-corrected chi connectivity index (χ4v) is 3.08. The Morgan fingerprint density at radius 3 is 2.29 bits per heavy atom. The van der Waals surface area contributed by atoms with Crippen molar-refractivity contribution >= 4 is 55.0 Å². The molecule has 0 heterocycles. The Bertz CT molecular complexity index is 838. The molecular weight excluding hydrogens is 457 g/mol. The normalized spacial score (nSPS) is 12.2. The van der Waals surface area contributed by atoms with Gasteiger partial charge in [-0.25, -0.2) is 4.79 Å². The number of aliphatic carboxylic acids is 1. The summed E-state index contributed by atoms with van der Waals surface area (Å²) < 4.78 is 0. The van der Waals surface area contributed by atoms with Gasteiger partial charge in [0.25, 0.3) is 5.91 Å². The Labute approximate surface area is 201 Å². The number of carboxylic acid groups (broad SMARTS) is 1. The molecule has 2 rings (SSSR count). The number of carbonyl (C=O) groups is 2. The zero-order chi connectivity index (χ0) is 21.4. The summed E-state index contributed by atoms with van der Waals surface area (Å²) in [7, 11) is 0. The van der Waals surface area contributed by atoms with Gasteiger partial charge in [0.1, 0.15) is 6.04 Å². The Kier molecular flexibility index (Phi) is 13.3. The van der Waals surface area contributed by atoms with Gasteiger partial charge in [0.15, 0.2) is 0 Å². The molecule has 2 atom stereocenters. The van der Waals surface area contributed by atoms with Crippen molar-refractivity contribution in [2.75, 3.05) is 17.6 Å². The number of nitrogens with two attached hydrogens (primary N) is 1. The smallest absolute Gasteiger partial charge is 0.326 e. The average Bonchev–Trinajstić information content (AvgIpc) is 2.71. The van der Waals surface area contributed by atoms with Gasteiger partial charge in [-0.15, -0.1) is 24.8 Å². The topological polar surface area (TPSA) is 104 Å². The molecule has 2 aromatic carbocycles. The highest BCUT2D eigenvalue weighted by Crippen LogP contribution is 2.27. The predicted octanol–water partition coefficient (Wildman–Crippen LogP) is 4.10. The van der Waals surface area contributed by atoms with Crippen LogP contribution in [0, 0.1) is 5.92 Å². The van der Waals surface area contributed by atoms with Gasteiger partial charge in [0.05, 0.1) is 0 Å². The largest absolute Gasteiger partial charge is 0.480 e. The van der Waals surface area contributed by atoms with Crippen molar-refractivity contribution in [1.29, 1.82) is 0 Å². The quantitative estimate of drug-likeness (QED) is 0.324. The highest BCUT2D eigenvalue weighted by atomic mass is 35.5. The number of benzene rings is 2. The lowest BCUT2D eigenvalue weighted by Crippen LogP contribution is -2.41. The van der Waals surface area contributed by atoms with Crippen molar-refractivity contribution in [2.45, 2.75) is 32.4 Å². The van der Waals surface area contributed by atoms with E-state index in [-0.39, 0.29) is 36.8 Å². The molecule has 6 nitrogen and oxygen atoms in total. The summed E-state index contributed by atoms with van der Waals surface area (Å²) in [4.78, 5) is 24.5. The maximum Gasteiger partial charge on any atom is 0.326 e. The van der Waals surface area contributed by atoms with E-state index in [0.29, 0.717) is 24.3 Å². The lowest BCUT2D eigenvalue weighted by atomic mass is 9.97. The van der Waals surface area contributed by atoms with Gasteiger partial charge >= 0.3 is 5.97 Å². The first-order chi connectivity index (χ1) is 13.8. The Hall–Kier alpha value is -1.93. The summed E-state index contributed by atoms with van der Waals surface area (Å²) in [6, 6.07) is 13.9. The van der Waals surface area contributed by atoms with Crippen LogP contribution in [0.2, 0.25) is 0 Å². The summed E-state index contributed by atoms with van der Waals surface area (Å²) in [5.74, 6) is -0.735. The lowest BCUT2D eigenvalue weighted by molar-refractivity contribution is -0.139. The minimum Gasteiger partial charge on any atom is -0.480 e. The number of anilines is 1. The van der Waals surface area contributed by atoms with E-state index >= 15 is 0 Å². The SMILES string of the molecule is CC(C)C[C@H](NC(=O)c1ccc(NC[C@@H](N)CS)cc1-c1ccccc1)C(=O)O.Cl.Cl. The summed E-state index contributed by atoms with van der Waals surface area (Å²) in [5.41, 5.74) is 8.76. The van der Waals surface area contributed by atoms with E-state index in [1.54, 1.807) is 12.1 Å². The summed E-state index contributed by atoms with van der Waals surface area (Å²) in [6.45, 7) is 4.40. The predicted molar refractivity (Wildman–Crippen MR) is 135 cm³/mol. The van der Waals surface area contributed by atoms with Crippen LogP contribution in [0.1, 0.15) is 30.6 Å². The third-order valence-corrected chi connectivity index (χ3v) is 4.93. The average molecular weight is 488 g/mol. The van der Waals surface area contributed by atoms with Gasteiger partial charge in [0.2, 0.25) is 0 Å². The molecule has 0 radical (unpaired) electrons. The third-order valence-electron chi connectivity index (χ3n) is 4.46. The van der Waals surface area contributed by atoms with Crippen LogP contribution in [0.25, 0.3) is 11.1 Å². The Morgan fingerprint density at radius 1 is 1.10 bits per heavy atom. The van der Waals surface area contributed by atoms with E-state index in [4.69, 9.17) is 5.73 Å². The summed E-state index contributed by atoms with van der Waals surface area (Å²) in [6.07, 6.45) is 0.364. The molecule has 31 heavy (non-hydrogen) atoms. The number of nitrogens with one attached hydrogen (secondary N) is 2. The standard InChI is InChI=1S/C22H29N3O3S.2ClH/c1-14(2)10-20(22(27)28)25-21(26)18-9-8-17(24-12-16(23)13-29)11-19(18)15-6-4-3-5-7-15;;/h3-9,11,14,16,20,24,29H,10,12-13,23H2,1-2H3,(H,25,26)(H,27,28);2*1H/t16-,20+;;/m1../s1. The number of halogens is 2. The van der Waals surface area contributed by atoms with Gasteiger partial charge in [0, 0.05) is 29.6 Å². The molecule has 0 aromatic heterocycles. The first kappa shape index (κ1) is 29.1. The van der Waals surface area contributed by atoms with E-state index in [2.05, 4.69) is 23.3 Å². The van der Waals surface area contributed by atoms with E-state index in [1.807, 2.05) is 50.2 Å². The van der Waals surface area contributed by atoms with Crippen LogP contribution in [0.4, 0.5) is 5.69 Å². The molecule has 9 heteroatoms. The zero-order valence-electron chi connectivity index (χ0n) is 17.6. The molecule has 1 amide bonds. The molecule has 2 aromatic rings. The highest BCUT2D eigenvalue weighted by Gasteiger charge is 2.23. The number of carboxylic acids is 1. The molecule has 5 N–H and O–H groups in total. The zero-order valence-corrected chi connectivity index (χ0v) is 20.1. The number of amides is 1. The molecule has 0 unspecified atom stereocenters. The molecule has 0 aliphatic heterocycles. The van der Waals surface area contributed by atoms with E-state index in [1.165, 1.54) is 0 Å². The second-order valence-corrected chi connectivity index (χ2v) is 7.81. The molecule has 0 bridgehead atoms. The third kappa shape index (κ3) is 8.99. The maximum absolute atomic E-state index is 12.9. The number of carbonyl (C=O) groups excluding carboxylic acids is 1. The molecular formula is C22H31Cl2N3O3S. The molecule has 0 spiro atoms. The van der Waals surface area contributed by atoms with Gasteiger partial charge in [-0.05, 0) is 41.7 Å². The van der Waals surface area contributed by atoms with Crippen molar-refractivity contribution in [3.05, 3.63) is 54.1 Å². The first-order valence-electron chi connectivity index (χ1n) is 9.65. The number of hydrogen-bond donors (Lipinski definition) is 5. The van der Waals surface area contributed by atoms with E-state index in [9.17, 15) is 14.7 Å². The number of thiol groups is 1. The van der Waals surface area contributed by atoms with Crippen molar-refractivity contribution in [3.8, 4) is 11.1 Å². The van der Waals surface area contributed by atoms with Gasteiger partial charge in [-0.2, -0.15) is 12.6 Å². The van der Waals surface area contributed by atoms with Crippen LogP contribution in [-0.2, 0) is 4.79 Å². The lowest BCUT2D eigenvalue weighted by Gasteiger charge is -2.19. The molecule has 0 aliphatic carbocycles. The van der Waals surface area contributed by atoms with Crippen LogP contribution in [0.5, 0.6) is 0 Å². The van der Waals surface area contributed by atoms with Gasteiger partial charge < -0.3 is 21.5 Å². The summed E-state index contributed by atoms with van der Waals surface area (Å²) in [5, 5.41) is 15.4. The van der Waals surface area contributed by atoms with Crippen LogP contribution in [0.3, 0.4) is 0 Å². The van der Waals surface area contributed by atoms with Crippen LogP contribution < -0.4 is 16.4 Å². The van der Waals surface area contributed by atoms with Crippen molar-refractivity contribution < 1.29 is 14.7 Å². The van der Waals surface area contributed by atoms with Crippen LogP contribution in [-0.4, -0.2) is 41.4 Å². The molecule has 0 fully saturated rings. The van der Waals surface area contributed by atoms with Crippen LogP contribution >= 0.6 is 37.4 Å². The van der Waals surface area contributed by atoms with E-state index < -0.39 is 17.9 Å². The highest BCUT2D eigenvalue weighted by molar-refractivity contribution is 7.80. The van der Waals surface area contributed by atoms with Crippen LogP contribution in [0.15, 0.2) is 48.5 Å². The van der Waals surface area contributed by atoms with Crippen molar-refractivity contribution in [1.82, 2.24) is 5.32 Å². The minimum atomic E-state index is -1.03. The summed E-state index contributed by atoms with van der Waals surface area (Å²) >= 11 is 4.19. The van der Waals surface area contributed by atoms with Gasteiger partial charge in [-0.1, -0.05) is 44.2 Å². The van der Waals surface area contributed by atoms with Gasteiger partial charge in [-0.3, -0.25) is 4.79 Å². The number of hydrogen-bond acceptors (Lipinski definition) is 5. The first-order valence-corrected chi connectivity index (χ1v) is 10.3. The molecule has 0 saturated carbocycles. The second-order valence-electron chi connectivity index (χ2n) is 7.44. The monoisotopic (exact) mass is 487 g/mol. The fourth-order valence-electron chi connectivity index (χ4n) is 2.95.